The molecule has 1 aromatic carbocycles. The molecule has 0 unspecified atom stereocenters. The molecule has 2 heterocycles. The van der Waals surface area contributed by atoms with Crippen molar-refractivity contribution < 1.29 is 4.39 Å². The molecule has 5 nitrogen and oxygen atoms in total. The van der Waals surface area contributed by atoms with E-state index >= 15 is 0 Å². The van der Waals surface area contributed by atoms with Crippen LogP contribution in [0.4, 0.5) is 16.0 Å². The number of hydrogen-bond donors (Lipinski definition) is 1. The molecule has 0 amide bonds. The third kappa shape index (κ3) is 3.86. The Morgan fingerprint density at radius 2 is 1.87 bits per heavy atom. The summed E-state index contributed by atoms with van der Waals surface area (Å²) in [5, 5.41) is 3.71. The van der Waals surface area contributed by atoms with Crippen molar-refractivity contribution >= 4 is 40.6 Å². The van der Waals surface area contributed by atoms with Gasteiger partial charge in [-0.2, -0.15) is 0 Å². The van der Waals surface area contributed by atoms with Gasteiger partial charge in [0.2, 0.25) is 5.95 Å². The van der Waals surface area contributed by atoms with E-state index in [1.54, 1.807) is 24.5 Å². The second kappa shape index (κ2) is 7.06. The minimum atomic E-state index is -0.467. The summed E-state index contributed by atoms with van der Waals surface area (Å²) in [6.07, 6.45) is 3.46. The number of nitrogens with zero attached hydrogens (tertiary/aromatic N) is 4. The number of benzene rings is 1. The first-order valence-electron chi connectivity index (χ1n) is 7.16. The van der Waals surface area contributed by atoms with Crippen LogP contribution in [0.1, 0.15) is 0 Å². The Labute approximate surface area is 144 Å². The van der Waals surface area contributed by atoms with Crippen LogP contribution in [-0.4, -0.2) is 46.2 Å². The molecule has 8 heteroatoms. The molecule has 0 atom stereocenters. The first-order valence-corrected chi connectivity index (χ1v) is 7.95. The van der Waals surface area contributed by atoms with E-state index in [2.05, 4.69) is 20.2 Å². The number of nitrogens with one attached hydrogen (secondary N) is 1. The molecule has 2 aromatic rings. The van der Waals surface area contributed by atoms with Crippen molar-refractivity contribution in [1.82, 2.24) is 14.9 Å². The predicted molar refractivity (Wildman–Crippen MR) is 93.4 cm³/mol. The summed E-state index contributed by atoms with van der Waals surface area (Å²) in [7, 11) is 0. The normalized spacial score (nSPS) is 14.7. The highest BCUT2D eigenvalue weighted by atomic mass is 35.5. The van der Waals surface area contributed by atoms with Gasteiger partial charge < -0.3 is 15.1 Å². The first-order chi connectivity index (χ1) is 11.1. The van der Waals surface area contributed by atoms with E-state index < -0.39 is 5.82 Å². The summed E-state index contributed by atoms with van der Waals surface area (Å²) < 4.78 is 13.5. The van der Waals surface area contributed by atoms with E-state index in [1.165, 1.54) is 12.1 Å². The van der Waals surface area contributed by atoms with Crippen LogP contribution in [0.2, 0.25) is 5.02 Å². The average Bonchev–Trinajstić information content (AvgIpc) is 2.59. The summed E-state index contributed by atoms with van der Waals surface area (Å²) in [4.78, 5) is 12.7. The van der Waals surface area contributed by atoms with E-state index in [0.29, 0.717) is 10.8 Å². The SMILES string of the molecule is Fc1cc(NC(=S)N2CCN(c3ncccn3)CC2)ccc1Cl. The Morgan fingerprint density at radius 1 is 1.17 bits per heavy atom. The van der Waals surface area contributed by atoms with Crippen molar-refractivity contribution in [1.29, 1.82) is 0 Å². The smallest absolute Gasteiger partial charge is 0.225 e. The van der Waals surface area contributed by atoms with Gasteiger partial charge in [0, 0.05) is 44.3 Å². The second-order valence-electron chi connectivity index (χ2n) is 5.08. The average molecular weight is 352 g/mol. The van der Waals surface area contributed by atoms with Gasteiger partial charge in [-0.25, -0.2) is 14.4 Å². The third-order valence-corrected chi connectivity index (χ3v) is 4.24. The molecule has 120 valence electrons. The van der Waals surface area contributed by atoms with E-state index in [4.69, 9.17) is 23.8 Å². The highest BCUT2D eigenvalue weighted by Crippen LogP contribution is 2.19. The van der Waals surface area contributed by atoms with Gasteiger partial charge in [-0.3, -0.25) is 0 Å². The van der Waals surface area contributed by atoms with Crippen LogP contribution in [-0.2, 0) is 0 Å². The van der Waals surface area contributed by atoms with Crippen molar-refractivity contribution in [2.45, 2.75) is 0 Å². The predicted octanol–water partition coefficient (Wildman–Crippen LogP) is 2.79. The fourth-order valence-electron chi connectivity index (χ4n) is 2.34. The third-order valence-electron chi connectivity index (χ3n) is 3.57. The minimum absolute atomic E-state index is 0.0953. The molecule has 1 saturated heterocycles. The van der Waals surface area contributed by atoms with Crippen molar-refractivity contribution in [3.8, 4) is 0 Å². The number of thiocarbonyl (C=S) groups is 1. The van der Waals surface area contributed by atoms with Crippen LogP contribution in [0, 0.1) is 5.82 Å². The summed E-state index contributed by atoms with van der Waals surface area (Å²) in [5.41, 5.74) is 0.589. The lowest BCUT2D eigenvalue weighted by molar-refractivity contribution is 0.388. The number of piperazine rings is 1. The topological polar surface area (TPSA) is 44.3 Å². The number of rotatable bonds is 2. The van der Waals surface area contributed by atoms with E-state index in [1.807, 2.05) is 4.90 Å². The van der Waals surface area contributed by atoms with Crippen LogP contribution < -0.4 is 10.2 Å². The van der Waals surface area contributed by atoms with Gasteiger partial charge in [-0.15, -0.1) is 0 Å². The monoisotopic (exact) mass is 351 g/mol. The van der Waals surface area contributed by atoms with Crippen molar-refractivity contribution in [2.75, 3.05) is 36.4 Å². The lowest BCUT2D eigenvalue weighted by Gasteiger charge is -2.36. The number of anilines is 2. The van der Waals surface area contributed by atoms with Crippen molar-refractivity contribution in [3.63, 3.8) is 0 Å². The number of halogens is 2. The molecular weight excluding hydrogens is 337 g/mol. The Bertz CT molecular complexity index is 692. The maximum absolute atomic E-state index is 13.5. The molecule has 0 spiro atoms. The largest absolute Gasteiger partial charge is 0.345 e. The minimum Gasteiger partial charge on any atom is -0.345 e. The fraction of sp³-hybridized carbons (Fsp3) is 0.267. The van der Waals surface area contributed by atoms with E-state index in [0.717, 1.165) is 32.1 Å². The van der Waals surface area contributed by atoms with Gasteiger partial charge >= 0.3 is 0 Å². The number of hydrogen-bond acceptors (Lipinski definition) is 4. The lowest BCUT2D eigenvalue weighted by atomic mass is 10.3. The highest BCUT2D eigenvalue weighted by molar-refractivity contribution is 7.80. The maximum atomic E-state index is 13.5. The zero-order valence-corrected chi connectivity index (χ0v) is 13.8. The Kier molecular flexibility index (Phi) is 4.88. The Morgan fingerprint density at radius 3 is 2.52 bits per heavy atom. The summed E-state index contributed by atoms with van der Waals surface area (Å²) >= 11 is 11.1. The molecule has 0 aliphatic carbocycles. The molecule has 1 N–H and O–H groups in total. The lowest BCUT2D eigenvalue weighted by Crippen LogP contribution is -2.50. The van der Waals surface area contributed by atoms with Gasteiger partial charge in [0.25, 0.3) is 0 Å². The van der Waals surface area contributed by atoms with Crippen LogP contribution in [0.3, 0.4) is 0 Å². The second-order valence-corrected chi connectivity index (χ2v) is 5.88. The molecule has 0 bridgehead atoms. The fourth-order valence-corrected chi connectivity index (χ4v) is 2.76. The van der Waals surface area contributed by atoms with Crippen LogP contribution >= 0.6 is 23.8 Å². The zero-order chi connectivity index (χ0) is 16.2. The molecule has 3 rings (SSSR count). The van der Waals surface area contributed by atoms with Crippen LogP contribution in [0.15, 0.2) is 36.7 Å². The molecule has 1 fully saturated rings. The van der Waals surface area contributed by atoms with Gasteiger partial charge in [0.05, 0.1) is 5.02 Å². The molecule has 23 heavy (non-hydrogen) atoms. The van der Waals surface area contributed by atoms with Gasteiger partial charge in [0.1, 0.15) is 5.82 Å². The highest BCUT2D eigenvalue weighted by Gasteiger charge is 2.20. The van der Waals surface area contributed by atoms with E-state index in [-0.39, 0.29) is 5.02 Å². The molecule has 0 radical (unpaired) electrons. The number of aromatic nitrogens is 2. The quantitative estimate of drug-likeness (QED) is 0.839. The molecular formula is C15H15ClFN5S. The molecule has 1 aliphatic rings. The summed E-state index contributed by atoms with van der Waals surface area (Å²) in [6, 6.07) is 6.34. The van der Waals surface area contributed by atoms with Gasteiger partial charge in [-0.1, -0.05) is 11.6 Å². The summed E-state index contributed by atoms with van der Waals surface area (Å²) in [6.45, 7) is 3.06. The first kappa shape index (κ1) is 15.9. The van der Waals surface area contributed by atoms with Gasteiger partial charge in [-0.05, 0) is 36.5 Å². The molecule has 1 aliphatic heterocycles. The van der Waals surface area contributed by atoms with Crippen molar-refractivity contribution in [2.24, 2.45) is 0 Å². The molecule has 0 saturated carbocycles. The Balaban J connectivity index is 1.57. The van der Waals surface area contributed by atoms with Crippen LogP contribution in [0.25, 0.3) is 0 Å². The molecule has 1 aromatic heterocycles. The zero-order valence-electron chi connectivity index (χ0n) is 12.2. The van der Waals surface area contributed by atoms with Crippen LogP contribution in [0.5, 0.6) is 0 Å². The summed E-state index contributed by atoms with van der Waals surface area (Å²) in [5.74, 6) is 0.260. The van der Waals surface area contributed by atoms with Crippen molar-refractivity contribution in [3.05, 3.63) is 47.5 Å². The van der Waals surface area contributed by atoms with Gasteiger partial charge in [0.15, 0.2) is 5.11 Å². The van der Waals surface area contributed by atoms with E-state index in [9.17, 15) is 4.39 Å². The standard InChI is InChI=1S/C15H15ClFN5S/c16-12-3-2-11(10-13(12)17)20-15(23)22-8-6-21(7-9-22)14-18-4-1-5-19-14/h1-5,10H,6-9H2,(H,20,23). The Hall–Kier alpha value is -1.99. The maximum Gasteiger partial charge on any atom is 0.225 e.